The first-order valence-corrected chi connectivity index (χ1v) is 10.1. The summed E-state index contributed by atoms with van der Waals surface area (Å²) in [7, 11) is 3.29. The molecule has 0 aliphatic carbocycles. The number of hydrogen-bond acceptors (Lipinski definition) is 6. The van der Waals surface area contributed by atoms with Crippen LogP contribution in [0.25, 0.3) is 0 Å². The number of nitrogens with one attached hydrogen (secondary N) is 1. The molecule has 0 radical (unpaired) electrons. The van der Waals surface area contributed by atoms with E-state index in [9.17, 15) is 4.79 Å². The lowest BCUT2D eigenvalue weighted by atomic mass is 10.0. The number of aromatic nitrogens is 2. The number of nitrogens with zero attached hydrogens (tertiary/aromatic N) is 2. The molecule has 0 aliphatic heterocycles. The molecule has 3 aromatic rings. The van der Waals surface area contributed by atoms with Gasteiger partial charge in [-0.05, 0) is 55.2 Å². The maximum Gasteiger partial charge on any atom is 0.257 e. The summed E-state index contributed by atoms with van der Waals surface area (Å²) in [6.07, 6.45) is 5.93. The third-order valence-corrected chi connectivity index (χ3v) is 4.65. The van der Waals surface area contributed by atoms with Crippen LogP contribution in [0.4, 0.5) is 5.82 Å². The minimum absolute atomic E-state index is 0.148. The molecule has 162 valence electrons. The predicted octanol–water partition coefficient (Wildman–Crippen LogP) is 3.94. The summed E-state index contributed by atoms with van der Waals surface area (Å²) in [4.78, 5) is 20.9. The number of para-hydroxylation sites is 1. The predicted molar refractivity (Wildman–Crippen MR) is 119 cm³/mol. The summed E-state index contributed by atoms with van der Waals surface area (Å²) in [5.41, 5.74) is 2.58. The van der Waals surface area contributed by atoms with Crippen LogP contribution in [-0.4, -0.2) is 42.8 Å². The SMILES string of the molecule is COC[C@H](C)Oc1cc(CCc2ccccc2OC)cc(C(=O)Nc2cnccn2)c1. The summed E-state index contributed by atoms with van der Waals surface area (Å²) < 4.78 is 16.6. The Morgan fingerprint density at radius 2 is 1.94 bits per heavy atom. The summed E-state index contributed by atoms with van der Waals surface area (Å²) >= 11 is 0. The van der Waals surface area contributed by atoms with Gasteiger partial charge in [0.1, 0.15) is 17.6 Å². The maximum absolute atomic E-state index is 12.8. The highest BCUT2D eigenvalue weighted by Crippen LogP contribution is 2.23. The Morgan fingerprint density at radius 3 is 2.68 bits per heavy atom. The number of methoxy groups -OCH3 is 2. The molecule has 2 aromatic carbocycles. The topological polar surface area (TPSA) is 82.6 Å². The molecule has 0 bridgehead atoms. The number of aryl methyl sites for hydroxylation is 2. The van der Waals surface area contributed by atoms with Crippen molar-refractivity contribution >= 4 is 11.7 Å². The van der Waals surface area contributed by atoms with Crippen molar-refractivity contribution in [2.45, 2.75) is 25.9 Å². The largest absolute Gasteiger partial charge is 0.496 e. The molecule has 0 fully saturated rings. The molecule has 3 rings (SSSR count). The second kappa shape index (κ2) is 11.1. The first-order valence-electron chi connectivity index (χ1n) is 10.1. The third kappa shape index (κ3) is 6.52. The van der Waals surface area contributed by atoms with E-state index in [0.29, 0.717) is 23.7 Å². The molecule has 0 saturated heterocycles. The van der Waals surface area contributed by atoms with Crippen LogP contribution in [0.1, 0.15) is 28.4 Å². The monoisotopic (exact) mass is 421 g/mol. The van der Waals surface area contributed by atoms with Gasteiger partial charge in [0.2, 0.25) is 0 Å². The summed E-state index contributed by atoms with van der Waals surface area (Å²) in [6.45, 7) is 2.37. The Labute approximate surface area is 182 Å². The van der Waals surface area contributed by atoms with E-state index in [1.165, 1.54) is 12.4 Å². The summed E-state index contributed by atoms with van der Waals surface area (Å²) in [6, 6.07) is 13.5. The van der Waals surface area contributed by atoms with E-state index < -0.39 is 0 Å². The first-order chi connectivity index (χ1) is 15.1. The Kier molecular flexibility index (Phi) is 7.95. The zero-order valence-electron chi connectivity index (χ0n) is 18.0. The van der Waals surface area contributed by atoms with Crippen LogP contribution in [-0.2, 0) is 17.6 Å². The van der Waals surface area contributed by atoms with Crippen LogP contribution in [0.2, 0.25) is 0 Å². The number of carbonyl (C=O) groups is 1. The van der Waals surface area contributed by atoms with Gasteiger partial charge in [-0.25, -0.2) is 4.98 Å². The van der Waals surface area contributed by atoms with Gasteiger partial charge in [0.25, 0.3) is 5.91 Å². The van der Waals surface area contributed by atoms with Gasteiger partial charge in [0.05, 0.1) is 19.9 Å². The van der Waals surface area contributed by atoms with Gasteiger partial charge in [0, 0.05) is 25.1 Å². The summed E-state index contributed by atoms with van der Waals surface area (Å²) in [5.74, 6) is 1.58. The van der Waals surface area contributed by atoms with Gasteiger partial charge in [0.15, 0.2) is 5.82 Å². The highest BCUT2D eigenvalue weighted by molar-refractivity contribution is 6.04. The summed E-state index contributed by atoms with van der Waals surface area (Å²) in [5, 5.41) is 2.77. The molecule has 0 saturated carbocycles. The highest BCUT2D eigenvalue weighted by Gasteiger charge is 2.13. The molecule has 7 heteroatoms. The van der Waals surface area contributed by atoms with Crippen molar-refractivity contribution in [2.24, 2.45) is 0 Å². The molecular formula is C24H27N3O4. The Balaban J connectivity index is 1.82. The minimum Gasteiger partial charge on any atom is -0.496 e. The fraction of sp³-hybridized carbons (Fsp3) is 0.292. The minimum atomic E-state index is -0.274. The fourth-order valence-corrected chi connectivity index (χ4v) is 3.25. The maximum atomic E-state index is 12.8. The van der Waals surface area contributed by atoms with Gasteiger partial charge in [-0.1, -0.05) is 18.2 Å². The molecule has 1 amide bonds. The normalized spacial score (nSPS) is 11.6. The molecule has 0 aliphatic rings. The third-order valence-electron chi connectivity index (χ3n) is 4.65. The van der Waals surface area contributed by atoms with Gasteiger partial charge >= 0.3 is 0 Å². The molecule has 1 N–H and O–H groups in total. The standard InChI is InChI=1S/C24H27N3O4/c1-17(16-29-2)31-21-13-18(8-9-19-6-4-5-7-22(19)30-3)12-20(14-21)24(28)27-23-15-25-10-11-26-23/h4-7,10-15,17H,8-9,16H2,1-3H3,(H,26,27,28)/t17-/m0/s1. The number of rotatable bonds is 10. The molecule has 0 unspecified atom stereocenters. The van der Waals surface area contributed by atoms with Crippen LogP contribution in [0.3, 0.4) is 0 Å². The number of carbonyl (C=O) groups excluding carboxylic acids is 1. The van der Waals surface area contributed by atoms with E-state index in [1.807, 2.05) is 43.3 Å². The lowest BCUT2D eigenvalue weighted by Gasteiger charge is -2.16. The molecular weight excluding hydrogens is 394 g/mol. The van der Waals surface area contributed by atoms with Gasteiger partial charge in [-0.2, -0.15) is 0 Å². The van der Waals surface area contributed by atoms with E-state index in [-0.39, 0.29) is 12.0 Å². The second-order valence-corrected chi connectivity index (χ2v) is 7.11. The van der Waals surface area contributed by atoms with Crippen molar-refractivity contribution in [3.8, 4) is 11.5 Å². The molecule has 31 heavy (non-hydrogen) atoms. The van der Waals surface area contributed by atoms with E-state index >= 15 is 0 Å². The van der Waals surface area contributed by atoms with Gasteiger partial charge < -0.3 is 19.5 Å². The van der Waals surface area contributed by atoms with E-state index in [1.54, 1.807) is 26.5 Å². The Morgan fingerprint density at radius 1 is 1.10 bits per heavy atom. The number of amides is 1. The first kappa shape index (κ1) is 22.2. The van der Waals surface area contributed by atoms with Crippen LogP contribution < -0.4 is 14.8 Å². The van der Waals surface area contributed by atoms with Crippen LogP contribution in [0.15, 0.2) is 61.1 Å². The Hall–Kier alpha value is -3.45. The average molecular weight is 421 g/mol. The van der Waals surface area contributed by atoms with Crippen LogP contribution in [0.5, 0.6) is 11.5 Å². The zero-order valence-corrected chi connectivity index (χ0v) is 18.0. The lowest BCUT2D eigenvalue weighted by molar-refractivity contribution is 0.0916. The smallest absolute Gasteiger partial charge is 0.257 e. The molecule has 1 heterocycles. The van der Waals surface area contributed by atoms with E-state index in [4.69, 9.17) is 14.2 Å². The van der Waals surface area contributed by atoms with Crippen molar-refractivity contribution < 1.29 is 19.0 Å². The van der Waals surface area contributed by atoms with Crippen molar-refractivity contribution in [3.63, 3.8) is 0 Å². The number of hydrogen-bond donors (Lipinski definition) is 1. The number of benzene rings is 2. The van der Waals surface area contributed by atoms with Crippen molar-refractivity contribution in [1.29, 1.82) is 0 Å². The number of anilines is 1. The van der Waals surface area contributed by atoms with E-state index in [0.717, 1.165) is 29.7 Å². The second-order valence-electron chi connectivity index (χ2n) is 7.11. The number of ether oxygens (including phenoxy) is 3. The highest BCUT2D eigenvalue weighted by atomic mass is 16.5. The van der Waals surface area contributed by atoms with Crippen molar-refractivity contribution in [1.82, 2.24) is 9.97 Å². The van der Waals surface area contributed by atoms with E-state index in [2.05, 4.69) is 15.3 Å². The zero-order chi connectivity index (χ0) is 22.1. The van der Waals surface area contributed by atoms with Crippen LogP contribution in [0, 0.1) is 0 Å². The van der Waals surface area contributed by atoms with Crippen molar-refractivity contribution in [3.05, 3.63) is 77.7 Å². The molecule has 7 nitrogen and oxygen atoms in total. The quantitative estimate of drug-likeness (QED) is 0.534. The lowest BCUT2D eigenvalue weighted by Crippen LogP contribution is -2.19. The van der Waals surface area contributed by atoms with Gasteiger partial charge in [-0.15, -0.1) is 0 Å². The average Bonchev–Trinajstić information content (AvgIpc) is 2.78. The molecule has 1 atom stereocenters. The molecule has 0 spiro atoms. The fourth-order valence-electron chi connectivity index (χ4n) is 3.25. The van der Waals surface area contributed by atoms with Crippen molar-refractivity contribution in [2.75, 3.05) is 26.1 Å². The van der Waals surface area contributed by atoms with Crippen LogP contribution >= 0.6 is 0 Å². The molecule has 1 aromatic heterocycles. The Bertz CT molecular complexity index is 995. The van der Waals surface area contributed by atoms with Gasteiger partial charge in [-0.3, -0.25) is 9.78 Å².